The lowest BCUT2D eigenvalue weighted by Gasteiger charge is -2.16. The second-order valence-corrected chi connectivity index (χ2v) is 6.31. The molecule has 2 heterocycles. The second kappa shape index (κ2) is 7.43. The first-order valence-corrected chi connectivity index (χ1v) is 8.41. The van der Waals surface area contributed by atoms with Gasteiger partial charge in [0.1, 0.15) is 17.0 Å². The predicted octanol–water partition coefficient (Wildman–Crippen LogP) is 2.04. The Labute approximate surface area is 154 Å². The zero-order valence-corrected chi connectivity index (χ0v) is 15.0. The number of hydrogen-bond acceptors (Lipinski definition) is 4. The van der Waals surface area contributed by atoms with Crippen LogP contribution < -0.4 is 11.1 Å². The molecule has 132 valence electrons. The lowest BCUT2D eigenvalue weighted by molar-refractivity contribution is -0.551. The van der Waals surface area contributed by atoms with Crippen molar-refractivity contribution in [3.05, 3.63) is 39.6 Å². The van der Waals surface area contributed by atoms with Crippen LogP contribution in [0.2, 0.25) is 10.0 Å². The number of ether oxygens (including phenoxy) is 1. The number of aryl methyl sites for hydroxylation is 1. The first kappa shape index (κ1) is 17.7. The smallest absolute Gasteiger partial charge is 0.351 e. The summed E-state index contributed by atoms with van der Waals surface area (Å²) in [6, 6.07) is 5.05. The van der Waals surface area contributed by atoms with E-state index in [2.05, 4.69) is 10.5 Å². The number of halogens is 2. The number of guanidine groups is 1. The SMILES string of the molecule is Cc1onc(-c2c(Cl)cccc2Cl)c1C(=O)NC(N)=[N+]1CCOCC1. The van der Waals surface area contributed by atoms with E-state index >= 15 is 0 Å². The average molecular weight is 384 g/mol. The summed E-state index contributed by atoms with van der Waals surface area (Å²) in [7, 11) is 0. The lowest BCUT2D eigenvalue weighted by Crippen LogP contribution is -2.47. The molecule has 0 bridgehead atoms. The Balaban J connectivity index is 1.95. The fourth-order valence-corrected chi connectivity index (χ4v) is 3.17. The summed E-state index contributed by atoms with van der Waals surface area (Å²) in [4.78, 5) is 12.7. The van der Waals surface area contributed by atoms with Gasteiger partial charge >= 0.3 is 11.9 Å². The Hall–Kier alpha value is -2.09. The molecule has 1 aliphatic heterocycles. The minimum Gasteiger partial charge on any atom is -0.375 e. The van der Waals surface area contributed by atoms with Gasteiger partial charge in [-0.25, -0.2) is 5.32 Å². The first-order valence-electron chi connectivity index (χ1n) is 7.66. The van der Waals surface area contributed by atoms with Gasteiger partial charge in [0.2, 0.25) is 0 Å². The Kier molecular flexibility index (Phi) is 5.27. The van der Waals surface area contributed by atoms with Gasteiger partial charge in [0.15, 0.2) is 0 Å². The van der Waals surface area contributed by atoms with E-state index in [1.807, 2.05) is 4.58 Å². The predicted molar refractivity (Wildman–Crippen MR) is 94.2 cm³/mol. The van der Waals surface area contributed by atoms with Crippen LogP contribution in [0.1, 0.15) is 16.1 Å². The van der Waals surface area contributed by atoms with E-state index in [0.29, 0.717) is 47.7 Å². The van der Waals surface area contributed by atoms with Gasteiger partial charge in [-0.3, -0.25) is 15.1 Å². The fourth-order valence-electron chi connectivity index (χ4n) is 2.60. The van der Waals surface area contributed by atoms with Gasteiger partial charge in [-0.15, -0.1) is 0 Å². The molecule has 0 radical (unpaired) electrons. The van der Waals surface area contributed by atoms with E-state index in [4.69, 9.17) is 38.2 Å². The molecule has 1 aromatic carbocycles. The molecule has 1 aromatic heterocycles. The molecule has 1 saturated heterocycles. The van der Waals surface area contributed by atoms with E-state index in [9.17, 15) is 4.79 Å². The van der Waals surface area contributed by atoms with Crippen LogP contribution in [0.5, 0.6) is 0 Å². The highest BCUT2D eigenvalue weighted by Gasteiger charge is 2.28. The highest BCUT2D eigenvalue weighted by Crippen LogP contribution is 2.36. The molecule has 0 spiro atoms. The summed E-state index contributed by atoms with van der Waals surface area (Å²) in [6.45, 7) is 3.98. The Morgan fingerprint density at radius 3 is 2.56 bits per heavy atom. The summed E-state index contributed by atoms with van der Waals surface area (Å²) in [5.74, 6) is 0.164. The van der Waals surface area contributed by atoms with Gasteiger partial charge in [0.25, 0.3) is 0 Å². The topological polar surface area (TPSA) is 93.4 Å². The van der Waals surface area contributed by atoms with Crippen molar-refractivity contribution < 1.29 is 18.6 Å². The van der Waals surface area contributed by atoms with E-state index in [0.717, 1.165) is 0 Å². The molecule has 0 saturated carbocycles. The molecular weight excluding hydrogens is 367 g/mol. The van der Waals surface area contributed by atoms with Crippen molar-refractivity contribution in [1.29, 1.82) is 0 Å². The van der Waals surface area contributed by atoms with Gasteiger partial charge in [0, 0.05) is 5.56 Å². The molecular formula is C16H17Cl2N4O3+. The Morgan fingerprint density at radius 2 is 1.92 bits per heavy atom. The second-order valence-electron chi connectivity index (χ2n) is 5.50. The molecule has 0 aliphatic carbocycles. The van der Waals surface area contributed by atoms with Crippen molar-refractivity contribution in [2.75, 3.05) is 26.3 Å². The van der Waals surface area contributed by atoms with E-state index < -0.39 is 5.91 Å². The van der Waals surface area contributed by atoms with Crippen LogP contribution in [0, 0.1) is 6.92 Å². The first-order chi connectivity index (χ1) is 12.0. The van der Waals surface area contributed by atoms with Gasteiger partial charge in [0.05, 0.1) is 36.3 Å². The maximum absolute atomic E-state index is 12.7. The molecule has 1 amide bonds. The van der Waals surface area contributed by atoms with Crippen LogP contribution in [-0.2, 0) is 4.74 Å². The lowest BCUT2D eigenvalue weighted by atomic mass is 10.1. The summed E-state index contributed by atoms with van der Waals surface area (Å²) >= 11 is 12.5. The van der Waals surface area contributed by atoms with Gasteiger partial charge < -0.3 is 9.26 Å². The van der Waals surface area contributed by atoms with Gasteiger partial charge in [-0.05, 0) is 19.1 Å². The summed E-state index contributed by atoms with van der Waals surface area (Å²) in [5.41, 5.74) is 6.97. The van der Waals surface area contributed by atoms with Crippen molar-refractivity contribution in [3.63, 3.8) is 0 Å². The van der Waals surface area contributed by atoms with E-state index in [-0.39, 0.29) is 17.2 Å². The fraction of sp³-hybridized carbons (Fsp3) is 0.312. The molecule has 0 unspecified atom stereocenters. The number of benzene rings is 1. The van der Waals surface area contributed by atoms with Crippen molar-refractivity contribution in [3.8, 4) is 11.3 Å². The minimum atomic E-state index is -0.436. The third-order valence-corrected chi connectivity index (χ3v) is 4.51. The third-order valence-electron chi connectivity index (χ3n) is 3.88. The summed E-state index contributed by atoms with van der Waals surface area (Å²) in [5, 5.41) is 7.39. The van der Waals surface area contributed by atoms with Crippen molar-refractivity contribution in [2.45, 2.75) is 6.92 Å². The standard InChI is InChI=1S/C16H16Cl2N4O3/c1-9-12(15(23)20-16(19)22-5-7-24-8-6-22)14(21-25-9)13-10(17)3-2-4-11(13)18/h2-4H,5-8H2,1H3,(H2,19,20,23)/p+1. The number of amides is 1. The number of carbonyl (C=O) groups is 1. The van der Waals surface area contributed by atoms with Crippen molar-refractivity contribution in [1.82, 2.24) is 10.5 Å². The van der Waals surface area contributed by atoms with Gasteiger partial charge in [-0.1, -0.05) is 34.4 Å². The zero-order chi connectivity index (χ0) is 18.0. The molecule has 25 heavy (non-hydrogen) atoms. The average Bonchev–Trinajstić information content (AvgIpc) is 2.97. The molecule has 1 aliphatic rings. The molecule has 2 aromatic rings. The number of hydrogen-bond donors (Lipinski definition) is 2. The van der Waals surface area contributed by atoms with Crippen LogP contribution in [0.25, 0.3) is 11.3 Å². The van der Waals surface area contributed by atoms with Crippen LogP contribution in [0.15, 0.2) is 22.7 Å². The van der Waals surface area contributed by atoms with E-state index in [1.54, 1.807) is 25.1 Å². The normalized spacial score (nSPS) is 14.4. The summed E-state index contributed by atoms with van der Waals surface area (Å²) in [6.07, 6.45) is 0. The number of rotatable bonds is 2. The zero-order valence-electron chi connectivity index (χ0n) is 13.5. The highest BCUT2D eigenvalue weighted by atomic mass is 35.5. The maximum Gasteiger partial charge on any atom is 0.351 e. The van der Waals surface area contributed by atoms with E-state index in [1.165, 1.54) is 0 Å². The molecule has 0 atom stereocenters. The molecule has 9 heteroatoms. The monoisotopic (exact) mass is 383 g/mol. The molecule has 7 nitrogen and oxygen atoms in total. The Bertz CT molecular complexity index is 820. The van der Waals surface area contributed by atoms with Crippen LogP contribution in [-0.4, -0.2) is 47.9 Å². The number of nitrogens with one attached hydrogen (secondary N) is 1. The number of carbonyl (C=O) groups excluding carboxylic acids is 1. The van der Waals surface area contributed by atoms with Crippen LogP contribution in [0.3, 0.4) is 0 Å². The number of morpholine rings is 1. The number of aromatic nitrogens is 1. The van der Waals surface area contributed by atoms with Crippen LogP contribution in [0.4, 0.5) is 0 Å². The molecule has 1 fully saturated rings. The highest BCUT2D eigenvalue weighted by molar-refractivity contribution is 6.39. The summed E-state index contributed by atoms with van der Waals surface area (Å²) < 4.78 is 12.3. The van der Waals surface area contributed by atoms with Crippen LogP contribution >= 0.6 is 23.2 Å². The maximum atomic E-state index is 12.7. The molecule has 3 rings (SSSR count). The number of nitrogens with two attached hydrogens (primary N) is 1. The largest absolute Gasteiger partial charge is 0.375 e. The Morgan fingerprint density at radius 1 is 1.28 bits per heavy atom. The third kappa shape index (κ3) is 3.63. The minimum absolute atomic E-state index is 0.242. The molecule has 3 N–H and O–H groups in total. The number of nitrogens with zero attached hydrogens (tertiary/aromatic N) is 2. The quantitative estimate of drug-likeness (QED) is 0.611. The van der Waals surface area contributed by atoms with Crippen molar-refractivity contribution in [2.24, 2.45) is 5.73 Å². The van der Waals surface area contributed by atoms with Gasteiger partial charge in [-0.2, -0.15) is 0 Å². The van der Waals surface area contributed by atoms with Crippen molar-refractivity contribution >= 4 is 35.1 Å².